The molecule has 0 aliphatic carbocycles. The number of benzene rings is 2. The molecule has 2 rings (SSSR count). The number of rotatable bonds is 5. The van der Waals surface area contributed by atoms with E-state index in [1.807, 2.05) is 0 Å². The standard InChI is InChI=1S/C16H14N2O4/c17-15(20)12-7-3-4-8-13(12)18-14(19)9-10-5-1-2-6-11(10)16(21)22/h1-8H,9H2,(H2,17,20)(H,18,19)(H,21,22). The Morgan fingerprint density at radius 3 is 2.18 bits per heavy atom. The van der Waals surface area contributed by atoms with Gasteiger partial charge in [0.15, 0.2) is 0 Å². The lowest BCUT2D eigenvalue weighted by atomic mass is 10.0. The van der Waals surface area contributed by atoms with Crippen molar-refractivity contribution in [3.05, 3.63) is 65.2 Å². The molecule has 6 nitrogen and oxygen atoms in total. The molecule has 2 aromatic rings. The number of nitrogens with one attached hydrogen (secondary N) is 1. The molecular formula is C16H14N2O4. The number of aromatic carboxylic acids is 1. The largest absolute Gasteiger partial charge is 0.478 e. The lowest BCUT2D eigenvalue weighted by Crippen LogP contribution is -2.20. The number of hydrogen-bond donors (Lipinski definition) is 3. The smallest absolute Gasteiger partial charge is 0.335 e. The second kappa shape index (κ2) is 6.53. The normalized spacial score (nSPS) is 10.0. The molecule has 4 N–H and O–H groups in total. The van der Waals surface area contributed by atoms with Gasteiger partial charge in [-0.3, -0.25) is 9.59 Å². The Morgan fingerprint density at radius 2 is 1.55 bits per heavy atom. The van der Waals surface area contributed by atoms with Gasteiger partial charge in [0.2, 0.25) is 5.91 Å². The van der Waals surface area contributed by atoms with E-state index in [1.54, 1.807) is 36.4 Å². The number of carboxylic acid groups (broad SMARTS) is 1. The number of amides is 2. The van der Waals surface area contributed by atoms with Crippen LogP contribution in [-0.2, 0) is 11.2 Å². The van der Waals surface area contributed by atoms with Crippen LogP contribution >= 0.6 is 0 Å². The summed E-state index contributed by atoms with van der Waals surface area (Å²) in [6.07, 6.45) is -0.116. The number of primary amides is 1. The van der Waals surface area contributed by atoms with E-state index < -0.39 is 17.8 Å². The molecule has 22 heavy (non-hydrogen) atoms. The van der Waals surface area contributed by atoms with Crippen LogP contribution in [0.4, 0.5) is 5.69 Å². The molecule has 0 radical (unpaired) electrons. The van der Waals surface area contributed by atoms with Crippen LogP contribution in [0.3, 0.4) is 0 Å². The zero-order valence-corrected chi connectivity index (χ0v) is 11.6. The topological polar surface area (TPSA) is 109 Å². The van der Waals surface area contributed by atoms with Gasteiger partial charge in [0.05, 0.1) is 23.2 Å². The van der Waals surface area contributed by atoms with Crippen LogP contribution in [0.25, 0.3) is 0 Å². The summed E-state index contributed by atoms with van der Waals surface area (Å²) >= 11 is 0. The Bertz CT molecular complexity index is 679. The fraction of sp³-hybridized carbons (Fsp3) is 0.0625. The van der Waals surface area contributed by atoms with Gasteiger partial charge in [-0.2, -0.15) is 0 Å². The summed E-state index contributed by atoms with van der Waals surface area (Å²) < 4.78 is 0. The van der Waals surface area contributed by atoms with Gasteiger partial charge in [0, 0.05) is 0 Å². The second-order valence-corrected chi connectivity index (χ2v) is 4.60. The van der Waals surface area contributed by atoms with Gasteiger partial charge in [-0.1, -0.05) is 30.3 Å². The van der Waals surface area contributed by atoms with Crippen molar-refractivity contribution in [2.24, 2.45) is 5.73 Å². The van der Waals surface area contributed by atoms with Crippen molar-refractivity contribution in [2.45, 2.75) is 6.42 Å². The lowest BCUT2D eigenvalue weighted by Gasteiger charge is -2.10. The second-order valence-electron chi connectivity index (χ2n) is 4.60. The molecule has 0 aliphatic rings. The summed E-state index contributed by atoms with van der Waals surface area (Å²) in [6, 6.07) is 12.6. The monoisotopic (exact) mass is 298 g/mol. The van der Waals surface area contributed by atoms with Crippen molar-refractivity contribution in [3.8, 4) is 0 Å². The van der Waals surface area contributed by atoms with Gasteiger partial charge in [-0.25, -0.2) is 4.79 Å². The molecule has 0 unspecified atom stereocenters. The van der Waals surface area contributed by atoms with E-state index in [9.17, 15) is 14.4 Å². The summed E-state index contributed by atoms with van der Waals surface area (Å²) in [5.74, 6) is -2.18. The maximum atomic E-state index is 12.1. The Hall–Kier alpha value is -3.15. The van der Waals surface area contributed by atoms with Gasteiger partial charge in [-0.05, 0) is 23.8 Å². The Balaban J connectivity index is 2.18. The molecule has 0 fully saturated rings. The van der Waals surface area contributed by atoms with E-state index in [2.05, 4.69) is 5.32 Å². The zero-order valence-electron chi connectivity index (χ0n) is 11.6. The molecule has 0 saturated carbocycles. The first-order valence-electron chi connectivity index (χ1n) is 6.49. The van der Waals surface area contributed by atoms with Gasteiger partial charge in [0.25, 0.3) is 5.91 Å². The summed E-state index contributed by atoms with van der Waals surface area (Å²) in [5, 5.41) is 11.7. The maximum Gasteiger partial charge on any atom is 0.335 e. The van der Waals surface area contributed by atoms with Gasteiger partial charge in [0.1, 0.15) is 0 Å². The van der Waals surface area contributed by atoms with Gasteiger partial charge >= 0.3 is 5.97 Å². The maximum absolute atomic E-state index is 12.1. The first kappa shape index (κ1) is 15.2. The summed E-state index contributed by atoms with van der Waals surface area (Å²) in [6.45, 7) is 0. The number of carbonyl (C=O) groups excluding carboxylic acids is 2. The third-order valence-electron chi connectivity index (χ3n) is 3.07. The van der Waals surface area contributed by atoms with Gasteiger partial charge < -0.3 is 16.2 Å². The van der Waals surface area contributed by atoms with Crippen molar-refractivity contribution in [1.82, 2.24) is 0 Å². The average Bonchev–Trinajstić information content (AvgIpc) is 2.47. The van der Waals surface area contributed by atoms with Crippen molar-refractivity contribution in [2.75, 3.05) is 5.32 Å². The molecule has 0 spiro atoms. The first-order valence-corrected chi connectivity index (χ1v) is 6.49. The van der Waals surface area contributed by atoms with E-state index in [0.29, 0.717) is 11.3 Å². The van der Waals surface area contributed by atoms with E-state index in [1.165, 1.54) is 12.1 Å². The van der Waals surface area contributed by atoms with Crippen LogP contribution in [0.1, 0.15) is 26.3 Å². The highest BCUT2D eigenvalue weighted by molar-refractivity contribution is 6.03. The minimum Gasteiger partial charge on any atom is -0.478 e. The van der Waals surface area contributed by atoms with Crippen molar-refractivity contribution in [1.29, 1.82) is 0 Å². The third-order valence-corrected chi connectivity index (χ3v) is 3.07. The van der Waals surface area contributed by atoms with E-state index in [-0.39, 0.29) is 17.5 Å². The average molecular weight is 298 g/mol. The summed E-state index contributed by atoms with van der Waals surface area (Å²) in [4.78, 5) is 34.5. The molecule has 2 amide bonds. The molecule has 112 valence electrons. The van der Waals surface area contributed by atoms with Crippen LogP contribution in [-0.4, -0.2) is 22.9 Å². The fourth-order valence-corrected chi connectivity index (χ4v) is 2.06. The predicted molar refractivity (Wildman–Crippen MR) is 80.7 cm³/mol. The minimum absolute atomic E-state index is 0.0702. The molecule has 0 atom stereocenters. The minimum atomic E-state index is -1.10. The fourth-order valence-electron chi connectivity index (χ4n) is 2.06. The number of hydrogen-bond acceptors (Lipinski definition) is 3. The Labute approximate surface area is 126 Å². The van der Waals surface area contributed by atoms with Crippen LogP contribution < -0.4 is 11.1 Å². The number of anilines is 1. The molecule has 0 bridgehead atoms. The molecule has 0 saturated heterocycles. The quantitative estimate of drug-likeness (QED) is 0.779. The molecule has 0 heterocycles. The SMILES string of the molecule is NC(=O)c1ccccc1NC(=O)Cc1ccccc1C(=O)O. The Kier molecular flexibility index (Phi) is 4.53. The third kappa shape index (κ3) is 3.49. The number of carbonyl (C=O) groups is 3. The van der Waals surface area contributed by atoms with Crippen molar-refractivity contribution < 1.29 is 19.5 Å². The number of carboxylic acids is 1. The Morgan fingerprint density at radius 1 is 0.955 bits per heavy atom. The zero-order chi connectivity index (χ0) is 16.1. The van der Waals surface area contributed by atoms with E-state index in [0.717, 1.165) is 0 Å². The van der Waals surface area contributed by atoms with Crippen LogP contribution in [0.2, 0.25) is 0 Å². The predicted octanol–water partition coefficient (Wildman–Crippen LogP) is 1.66. The molecule has 0 aliphatic heterocycles. The highest BCUT2D eigenvalue weighted by Gasteiger charge is 2.14. The van der Waals surface area contributed by atoms with Crippen LogP contribution in [0.15, 0.2) is 48.5 Å². The molecule has 6 heteroatoms. The molecule has 2 aromatic carbocycles. The van der Waals surface area contributed by atoms with Crippen LogP contribution in [0.5, 0.6) is 0 Å². The van der Waals surface area contributed by atoms with E-state index >= 15 is 0 Å². The molecular weight excluding hydrogens is 284 g/mol. The molecule has 0 aromatic heterocycles. The summed E-state index contributed by atoms with van der Waals surface area (Å²) in [7, 11) is 0. The number of nitrogens with two attached hydrogens (primary N) is 1. The van der Waals surface area contributed by atoms with Crippen molar-refractivity contribution >= 4 is 23.5 Å². The lowest BCUT2D eigenvalue weighted by molar-refractivity contribution is -0.115. The van der Waals surface area contributed by atoms with E-state index in [4.69, 9.17) is 10.8 Å². The van der Waals surface area contributed by atoms with Crippen LogP contribution in [0, 0.1) is 0 Å². The highest BCUT2D eigenvalue weighted by atomic mass is 16.4. The van der Waals surface area contributed by atoms with Crippen molar-refractivity contribution in [3.63, 3.8) is 0 Å². The first-order chi connectivity index (χ1) is 10.5. The number of para-hydroxylation sites is 1. The summed E-state index contributed by atoms with van der Waals surface area (Å²) in [5.41, 5.74) is 6.20. The highest BCUT2D eigenvalue weighted by Crippen LogP contribution is 2.16. The van der Waals surface area contributed by atoms with Gasteiger partial charge in [-0.15, -0.1) is 0 Å².